The highest BCUT2D eigenvalue weighted by Crippen LogP contribution is 2.27. The van der Waals surface area contributed by atoms with Crippen molar-refractivity contribution >= 4 is 37.5 Å². The summed E-state index contributed by atoms with van der Waals surface area (Å²) < 4.78 is 54.6. The van der Waals surface area contributed by atoms with Crippen molar-refractivity contribution in [1.82, 2.24) is 4.31 Å². The number of nitrogens with zero attached hydrogens (tertiary/aromatic N) is 1. The predicted octanol–water partition coefficient (Wildman–Crippen LogP) is 3.77. The summed E-state index contributed by atoms with van der Waals surface area (Å²) >= 11 is 3.15. The Kier molecular flexibility index (Phi) is 5.92. The average molecular weight is 459 g/mol. The summed E-state index contributed by atoms with van der Waals surface area (Å²) in [6.07, 6.45) is 0.551. The Bertz CT molecular complexity index is 961. The largest absolute Gasteiger partial charge is 0.323 e. The number of anilines is 1. The SMILES string of the molecule is O=C(Nc1ccc(Br)cc1F)C1CCN(S(=O)(=O)c2ccccc2F)CC1. The van der Waals surface area contributed by atoms with Crippen LogP contribution in [0.4, 0.5) is 14.5 Å². The molecule has 1 fully saturated rings. The Morgan fingerprint density at radius 3 is 2.37 bits per heavy atom. The third-order valence-electron chi connectivity index (χ3n) is 4.47. The zero-order valence-electron chi connectivity index (χ0n) is 14.2. The molecule has 1 amide bonds. The van der Waals surface area contributed by atoms with Gasteiger partial charge in [0.05, 0.1) is 5.69 Å². The lowest BCUT2D eigenvalue weighted by Gasteiger charge is -2.30. The second kappa shape index (κ2) is 8.04. The fraction of sp³-hybridized carbons (Fsp3) is 0.278. The molecule has 1 heterocycles. The van der Waals surface area contributed by atoms with E-state index in [1.54, 1.807) is 6.07 Å². The first-order valence-corrected chi connectivity index (χ1v) is 10.5. The Labute approximate surface area is 164 Å². The van der Waals surface area contributed by atoms with Crippen LogP contribution in [-0.4, -0.2) is 31.7 Å². The van der Waals surface area contributed by atoms with Gasteiger partial charge in [-0.25, -0.2) is 17.2 Å². The number of piperidine rings is 1. The fourth-order valence-electron chi connectivity index (χ4n) is 2.98. The molecule has 3 rings (SSSR count). The number of rotatable bonds is 4. The minimum Gasteiger partial charge on any atom is -0.323 e. The lowest BCUT2D eigenvalue weighted by molar-refractivity contribution is -0.120. The Balaban J connectivity index is 1.65. The fourth-order valence-corrected chi connectivity index (χ4v) is 4.84. The molecule has 9 heteroatoms. The maximum absolute atomic E-state index is 13.9. The van der Waals surface area contributed by atoms with Crippen molar-refractivity contribution in [1.29, 1.82) is 0 Å². The molecule has 2 aromatic rings. The van der Waals surface area contributed by atoms with Crippen molar-refractivity contribution in [3.63, 3.8) is 0 Å². The molecule has 0 unspecified atom stereocenters. The van der Waals surface area contributed by atoms with Gasteiger partial charge in [0.15, 0.2) is 0 Å². The molecule has 1 saturated heterocycles. The number of carbonyl (C=O) groups is 1. The Hall–Kier alpha value is -1.84. The van der Waals surface area contributed by atoms with E-state index in [4.69, 9.17) is 0 Å². The summed E-state index contributed by atoms with van der Waals surface area (Å²) in [5, 5.41) is 2.54. The molecule has 0 saturated carbocycles. The lowest BCUT2D eigenvalue weighted by Crippen LogP contribution is -2.41. The molecule has 5 nitrogen and oxygen atoms in total. The Morgan fingerprint density at radius 2 is 1.74 bits per heavy atom. The van der Waals surface area contributed by atoms with E-state index in [0.29, 0.717) is 4.47 Å². The number of nitrogens with one attached hydrogen (secondary N) is 1. The second-order valence-electron chi connectivity index (χ2n) is 6.22. The molecule has 1 N–H and O–H groups in total. The third kappa shape index (κ3) is 4.36. The minimum absolute atomic E-state index is 0.0737. The predicted molar refractivity (Wildman–Crippen MR) is 101 cm³/mol. The summed E-state index contributed by atoms with van der Waals surface area (Å²) in [6.45, 7) is 0.190. The van der Waals surface area contributed by atoms with E-state index < -0.39 is 27.6 Å². The van der Waals surface area contributed by atoms with Gasteiger partial charge >= 0.3 is 0 Å². The first-order valence-electron chi connectivity index (χ1n) is 8.29. The van der Waals surface area contributed by atoms with Gasteiger partial charge in [0.2, 0.25) is 15.9 Å². The van der Waals surface area contributed by atoms with Crippen molar-refractivity contribution < 1.29 is 22.0 Å². The number of carbonyl (C=O) groups excluding carboxylic acids is 1. The molecule has 2 aromatic carbocycles. The lowest BCUT2D eigenvalue weighted by atomic mass is 9.97. The topological polar surface area (TPSA) is 66.5 Å². The number of hydrogen-bond acceptors (Lipinski definition) is 3. The number of hydrogen-bond donors (Lipinski definition) is 1. The maximum atomic E-state index is 13.9. The highest BCUT2D eigenvalue weighted by molar-refractivity contribution is 9.10. The van der Waals surface area contributed by atoms with Gasteiger partial charge in [0.25, 0.3) is 0 Å². The monoisotopic (exact) mass is 458 g/mol. The molecular formula is C18H17BrF2N2O3S. The third-order valence-corrected chi connectivity index (χ3v) is 6.89. The van der Waals surface area contributed by atoms with Crippen molar-refractivity contribution in [3.8, 4) is 0 Å². The second-order valence-corrected chi connectivity index (χ2v) is 9.04. The molecule has 0 radical (unpaired) electrons. The van der Waals surface area contributed by atoms with Crippen molar-refractivity contribution in [2.24, 2.45) is 5.92 Å². The molecule has 0 aliphatic carbocycles. The van der Waals surface area contributed by atoms with Crippen LogP contribution < -0.4 is 5.32 Å². The average Bonchev–Trinajstić information content (AvgIpc) is 2.64. The summed E-state index contributed by atoms with van der Waals surface area (Å²) in [6, 6.07) is 9.52. The van der Waals surface area contributed by atoms with Crippen LogP contribution in [0, 0.1) is 17.6 Å². The zero-order chi connectivity index (χ0) is 19.6. The normalized spacial score (nSPS) is 16.3. The molecule has 27 heavy (non-hydrogen) atoms. The van der Waals surface area contributed by atoms with Crippen LogP contribution in [0.3, 0.4) is 0 Å². The van der Waals surface area contributed by atoms with Crippen molar-refractivity contribution in [3.05, 3.63) is 58.6 Å². The van der Waals surface area contributed by atoms with E-state index in [9.17, 15) is 22.0 Å². The Morgan fingerprint density at radius 1 is 1.07 bits per heavy atom. The van der Waals surface area contributed by atoms with Crippen LogP contribution in [0.15, 0.2) is 51.8 Å². The molecule has 0 spiro atoms. The molecule has 0 atom stereocenters. The van der Waals surface area contributed by atoms with E-state index in [1.807, 2.05) is 0 Å². The van der Waals surface area contributed by atoms with Gasteiger partial charge < -0.3 is 5.32 Å². The van der Waals surface area contributed by atoms with Crippen LogP contribution in [0.2, 0.25) is 0 Å². The van der Waals surface area contributed by atoms with E-state index in [2.05, 4.69) is 21.2 Å². The molecule has 144 valence electrons. The summed E-state index contributed by atoms with van der Waals surface area (Å²) in [7, 11) is -3.95. The van der Waals surface area contributed by atoms with Gasteiger partial charge in [-0.15, -0.1) is 0 Å². The minimum atomic E-state index is -3.95. The van der Waals surface area contributed by atoms with Crippen molar-refractivity contribution in [2.75, 3.05) is 18.4 Å². The van der Waals surface area contributed by atoms with Gasteiger partial charge in [-0.3, -0.25) is 4.79 Å². The zero-order valence-corrected chi connectivity index (χ0v) is 16.6. The van der Waals surface area contributed by atoms with Gasteiger partial charge in [-0.1, -0.05) is 28.1 Å². The number of sulfonamides is 1. The van der Waals surface area contributed by atoms with Crippen LogP contribution in [0.5, 0.6) is 0 Å². The highest BCUT2D eigenvalue weighted by atomic mass is 79.9. The van der Waals surface area contributed by atoms with E-state index in [0.717, 1.165) is 6.07 Å². The molecule has 1 aliphatic heterocycles. The van der Waals surface area contributed by atoms with Crippen LogP contribution in [-0.2, 0) is 14.8 Å². The van der Waals surface area contributed by atoms with Crippen molar-refractivity contribution in [2.45, 2.75) is 17.7 Å². The number of halogens is 3. The van der Waals surface area contributed by atoms with Gasteiger partial charge in [0, 0.05) is 23.5 Å². The van der Waals surface area contributed by atoms with Gasteiger partial charge in [0.1, 0.15) is 16.5 Å². The standard InChI is InChI=1S/C18H17BrF2N2O3S/c19-13-5-6-16(15(21)11-13)22-18(24)12-7-9-23(10-8-12)27(25,26)17-4-2-1-3-14(17)20/h1-6,11-12H,7-10H2,(H,22,24). The quantitative estimate of drug-likeness (QED) is 0.758. The van der Waals surface area contributed by atoms with Gasteiger partial charge in [-0.05, 0) is 43.2 Å². The van der Waals surface area contributed by atoms with E-state index in [1.165, 1.54) is 34.6 Å². The smallest absolute Gasteiger partial charge is 0.245 e. The molecule has 0 aromatic heterocycles. The maximum Gasteiger partial charge on any atom is 0.245 e. The summed E-state index contributed by atoms with van der Waals surface area (Å²) in [4.78, 5) is 12.0. The van der Waals surface area contributed by atoms with E-state index >= 15 is 0 Å². The van der Waals surface area contributed by atoms with Crippen LogP contribution in [0.25, 0.3) is 0 Å². The molecule has 1 aliphatic rings. The van der Waals surface area contributed by atoms with Crippen LogP contribution in [0.1, 0.15) is 12.8 Å². The summed E-state index contributed by atoms with van der Waals surface area (Å²) in [5.74, 6) is -2.17. The molecule has 0 bridgehead atoms. The first-order chi connectivity index (χ1) is 12.8. The first kappa shape index (κ1) is 19.9. The molecular weight excluding hydrogens is 442 g/mol. The van der Waals surface area contributed by atoms with E-state index in [-0.39, 0.29) is 42.4 Å². The summed E-state index contributed by atoms with van der Waals surface area (Å²) in [5.41, 5.74) is 0.0737. The number of benzene rings is 2. The van der Waals surface area contributed by atoms with Gasteiger partial charge in [-0.2, -0.15) is 4.31 Å². The number of amides is 1. The van der Waals surface area contributed by atoms with Crippen LogP contribution >= 0.6 is 15.9 Å². The highest BCUT2D eigenvalue weighted by Gasteiger charge is 2.33.